The predicted octanol–water partition coefficient (Wildman–Crippen LogP) is 2.86. The Bertz CT molecular complexity index is 308. The van der Waals surface area contributed by atoms with Crippen LogP contribution in [-0.4, -0.2) is 10.1 Å². The van der Waals surface area contributed by atoms with Gasteiger partial charge in [-0.05, 0) is 31.4 Å². The Kier molecular flexibility index (Phi) is 3.80. The van der Waals surface area contributed by atoms with Gasteiger partial charge in [-0.15, -0.1) is 0 Å². The second kappa shape index (κ2) is 4.71. The summed E-state index contributed by atoms with van der Waals surface area (Å²) < 4.78 is 12.7. The minimum absolute atomic E-state index is 0.112. The van der Waals surface area contributed by atoms with Crippen molar-refractivity contribution in [3.8, 4) is 0 Å². The molecular weight excluding hydrogens is 193 g/mol. The van der Waals surface area contributed by atoms with Crippen LogP contribution in [0.2, 0.25) is 0 Å². The van der Waals surface area contributed by atoms with E-state index in [9.17, 15) is 9.50 Å². The molecule has 1 N–H and O–H groups in total. The van der Waals surface area contributed by atoms with E-state index in [1.54, 1.807) is 13.0 Å². The van der Waals surface area contributed by atoms with Crippen LogP contribution in [0.5, 0.6) is 0 Å². The molecule has 3 heteroatoms. The van der Waals surface area contributed by atoms with Crippen molar-refractivity contribution in [2.75, 3.05) is 0 Å². The molecule has 2 atom stereocenters. The summed E-state index contributed by atoms with van der Waals surface area (Å²) in [5.74, 6) is -0.266. The molecule has 1 heterocycles. The topological polar surface area (TPSA) is 33.1 Å². The molecule has 1 aromatic rings. The van der Waals surface area contributed by atoms with E-state index in [0.29, 0.717) is 5.69 Å². The zero-order valence-electron chi connectivity index (χ0n) is 9.50. The average molecular weight is 211 g/mol. The summed E-state index contributed by atoms with van der Waals surface area (Å²) >= 11 is 0. The van der Waals surface area contributed by atoms with Crippen LogP contribution in [0.1, 0.15) is 39.3 Å². The van der Waals surface area contributed by atoms with E-state index in [2.05, 4.69) is 11.9 Å². The van der Waals surface area contributed by atoms with Gasteiger partial charge in [0.05, 0.1) is 11.9 Å². The van der Waals surface area contributed by atoms with Crippen molar-refractivity contribution in [3.63, 3.8) is 0 Å². The zero-order valence-corrected chi connectivity index (χ0v) is 9.50. The van der Waals surface area contributed by atoms with Crippen LogP contribution >= 0.6 is 0 Å². The monoisotopic (exact) mass is 211 g/mol. The van der Waals surface area contributed by atoms with Gasteiger partial charge in [0.2, 0.25) is 0 Å². The highest BCUT2D eigenvalue weighted by atomic mass is 19.1. The minimum Gasteiger partial charge on any atom is -0.384 e. The van der Waals surface area contributed by atoms with Crippen molar-refractivity contribution >= 4 is 0 Å². The third-order valence-corrected chi connectivity index (χ3v) is 2.93. The molecule has 0 aliphatic carbocycles. The molecule has 1 rings (SSSR count). The van der Waals surface area contributed by atoms with Gasteiger partial charge in [0.1, 0.15) is 11.4 Å². The van der Waals surface area contributed by atoms with Gasteiger partial charge in [-0.25, -0.2) is 4.39 Å². The van der Waals surface area contributed by atoms with Crippen molar-refractivity contribution in [1.29, 1.82) is 0 Å². The minimum atomic E-state index is -0.982. The molecule has 15 heavy (non-hydrogen) atoms. The molecule has 0 aromatic carbocycles. The van der Waals surface area contributed by atoms with Crippen LogP contribution in [0.3, 0.4) is 0 Å². The van der Waals surface area contributed by atoms with Gasteiger partial charge < -0.3 is 5.11 Å². The third-order valence-electron chi connectivity index (χ3n) is 2.93. The van der Waals surface area contributed by atoms with E-state index in [4.69, 9.17) is 0 Å². The summed E-state index contributed by atoms with van der Waals surface area (Å²) in [6.07, 6.45) is 3.08. The summed E-state index contributed by atoms with van der Waals surface area (Å²) in [6, 6.07) is 2.87. The number of aliphatic hydroxyl groups is 1. The quantitative estimate of drug-likeness (QED) is 0.830. The van der Waals surface area contributed by atoms with Crippen molar-refractivity contribution in [2.24, 2.45) is 5.92 Å². The molecule has 0 spiro atoms. The predicted molar refractivity (Wildman–Crippen MR) is 57.8 cm³/mol. The molecule has 0 amide bonds. The molecule has 0 bridgehead atoms. The maximum atomic E-state index is 12.7. The first-order valence-electron chi connectivity index (χ1n) is 5.33. The van der Waals surface area contributed by atoms with Gasteiger partial charge >= 0.3 is 0 Å². The molecule has 2 unspecified atom stereocenters. The average Bonchev–Trinajstić information content (AvgIpc) is 2.18. The first-order chi connectivity index (χ1) is 6.98. The fourth-order valence-electron chi connectivity index (χ4n) is 1.64. The number of rotatable bonds is 4. The standard InChI is InChI=1S/C12H18FNO/c1-4-5-9(2)12(3,15)11-7-6-10(13)8-14-11/h6-9,15H,4-5H2,1-3H3. The molecule has 0 fully saturated rings. The maximum Gasteiger partial charge on any atom is 0.141 e. The van der Waals surface area contributed by atoms with Crippen molar-refractivity contribution in [3.05, 3.63) is 29.8 Å². The highest BCUT2D eigenvalue weighted by molar-refractivity contribution is 5.13. The molecule has 0 saturated carbocycles. The second-order valence-electron chi connectivity index (χ2n) is 4.20. The van der Waals surface area contributed by atoms with Gasteiger partial charge in [-0.3, -0.25) is 4.98 Å². The Hall–Kier alpha value is -0.960. The van der Waals surface area contributed by atoms with Gasteiger partial charge in [-0.2, -0.15) is 0 Å². The molecule has 0 saturated heterocycles. The number of nitrogens with zero attached hydrogens (tertiary/aromatic N) is 1. The van der Waals surface area contributed by atoms with E-state index in [1.807, 2.05) is 6.92 Å². The summed E-state index contributed by atoms with van der Waals surface area (Å²) in [5, 5.41) is 10.3. The molecule has 1 aromatic heterocycles. The number of aromatic nitrogens is 1. The molecule has 2 nitrogen and oxygen atoms in total. The third kappa shape index (κ3) is 2.75. The highest BCUT2D eigenvalue weighted by Gasteiger charge is 2.30. The van der Waals surface area contributed by atoms with Crippen LogP contribution in [0.4, 0.5) is 4.39 Å². The number of pyridine rings is 1. The molecule has 0 aliphatic heterocycles. The SMILES string of the molecule is CCCC(C)C(C)(O)c1ccc(F)cn1. The van der Waals surface area contributed by atoms with E-state index in [1.165, 1.54) is 6.07 Å². The van der Waals surface area contributed by atoms with Crippen LogP contribution in [0.15, 0.2) is 18.3 Å². The largest absolute Gasteiger partial charge is 0.384 e. The van der Waals surface area contributed by atoms with Gasteiger partial charge in [0, 0.05) is 0 Å². The van der Waals surface area contributed by atoms with Crippen molar-refractivity contribution in [2.45, 2.75) is 39.2 Å². The number of halogens is 1. The summed E-state index contributed by atoms with van der Waals surface area (Å²) in [6.45, 7) is 5.78. The Morgan fingerprint density at radius 3 is 2.67 bits per heavy atom. The van der Waals surface area contributed by atoms with Crippen molar-refractivity contribution in [1.82, 2.24) is 4.98 Å². The zero-order chi connectivity index (χ0) is 11.5. The van der Waals surface area contributed by atoms with Gasteiger partial charge in [-0.1, -0.05) is 20.3 Å². The fraction of sp³-hybridized carbons (Fsp3) is 0.583. The Balaban J connectivity index is 2.89. The van der Waals surface area contributed by atoms with Gasteiger partial charge in [0.25, 0.3) is 0 Å². The first kappa shape index (κ1) is 12.1. The number of hydrogen-bond donors (Lipinski definition) is 1. The van der Waals surface area contributed by atoms with Gasteiger partial charge in [0.15, 0.2) is 0 Å². The molecule has 84 valence electrons. The fourth-order valence-corrected chi connectivity index (χ4v) is 1.64. The normalized spacial score (nSPS) is 17.1. The highest BCUT2D eigenvalue weighted by Crippen LogP contribution is 2.30. The summed E-state index contributed by atoms with van der Waals surface area (Å²) in [4.78, 5) is 3.93. The first-order valence-corrected chi connectivity index (χ1v) is 5.33. The van der Waals surface area contributed by atoms with E-state index < -0.39 is 5.60 Å². The summed E-state index contributed by atoms with van der Waals surface area (Å²) in [5.41, 5.74) is -0.450. The maximum absolute atomic E-state index is 12.7. The molecular formula is C12H18FNO. The Labute approximate surface area is 90.2 Å². The lowest BCUT2D eigenvalue weighted by Crippen LogP contribution is -2.30. The lowest BCUT2D eigenvalue weighted by molar-refractivity contribution is -0.00630. The Morgan fingerprint density at radius 1 is 1.53 bits per heavy atom. The lowest BCUT2D eigenvalue weighted by atomic mass is 9.84. The second-order valence-corrected chi connectivity index (χ2v) is 4.20. The van der Waals surface area contributed by atoms with Crippen LogP contribution in [0, 0.1) is 11.7 Å². The summed E-state index contributed by atoms with van der Waals surface area (Å²) in [7, 11) is 0. The van der Waals surface area contributed by atoms with Crippen LogP contribution in [0.25, 0.3) is 0 Å². The van der Waals surface area contributed by atoms with E-state index in [-0.39, 0.29) is 11.7 Å². The van der Waals surface area contributed by atoms with Crippen LogP contribution < -0.4 is 0 Å². The van der Waals surface area contributed by atoms with Crippen molar-refractivity contribution < 1.29 is 9.50 Å². The smallest absolute Gasteiger partial charge is 0.141 e. The van der Waals surface area contributed by atoms with E-state index >= 15 is 0 Å². The molecule has 0 aliphatic rings. The lowest BCUT2D eigenvalue weighted by Gasteiger charge is -2.29. The van der Waals surface area contributed by atoms with Crippen LogP contribution in [-0.2, 0) is 5.60 Å². The molecule has 0 radical (unpaired) electrons. The number of hydrogen-bond acceptors (Lipinski definition) is 2. The van der Waals surface area contributed by atoms with E-state index in [0.717, 1.165) is 19.0 Å². The Morgan fingerprint density at radius 2 is 2.20 bits per heavy atom.